The van der Waals surface area contributed by atoms with Gasteiger partial charge in [-0.1, -0.05) is 0 Å². The van der Waals surface area contributed by atoms with Crippen molar-refractivity contribution in [1.82, 2.24) is 0 Å². The van der Waals surface area contributed by atoms with E-state index in [1.54, 1.807) is 0 Å². The van der Waals surface area contributed by atoms with Crippen LogP contribution in [0, 0.1) is 25.5 Å². The molecule has 0 saturated heterocycles. The molecule has 0 saturated carbocycles. The van der Waals surface area contributed by atoms with Crippen LogP contribution in [0.15, 0.2) is 34.8 Å². The number of anilines is 2. The van der Waals surface area contributed by atoms with Crippen LogP contribution in [0.3, 0.4) is 0 Å². The predicted molar refractivity (Wildman–Crippen MR) is 98.6 cm³/mol. The fraction of sp³-hybridized carbons (Fsp3) is 0.333. The maximum Gasteiger partial charge on any atom is 0.139 e. The summed E-state index contributed by atoms with van der Waals surface area (Å²) in [5, 5.41) is 0. The van der Waals surface area contributed by atoms with Gasteiger partial charge in [-0.05, 0) is 71.2 Å². The summed E-state index contributed by atoms with van der Waals surface area (Å²) in [7, 11) is 7.58. The van der Waals surface area contributed by atoms with Crippen LogP contribution in [0.1, 0.15) is 11.1 Å². The van der Waals surface area contributed by atoms with Crippen molar-refractivity contribution >= 4 is 27.3 Å². The van der Waals surface area contributed by atoms with Gasteiger partial charge in [0.15, 0.2) is 0 Å². The molecule has 126 valence electrons. The van der Waals surface area contributed by atoms with E-state index in [-0.39, 0.29) is 11.6 Å². The Morgan fingerprint density at radius 2 is 1.30 bits per heavy atom. The standard InChI is InChI=1S/C9H11BrFN.C9H12FN/c1-6-4-7(12(2)3)5-8(11)9(6)10;1-7-4-8(10)6-9(5-7)11(2)3/h4-5H,1-3H3;4-6H,1-3H3. The van der Waals surface area contributed by atoms with Crippen LogP contribution in [0.25, 0.3) is 0 Å². The van der Waals surface area contributed by atoms with Gasteiger partial charge < -0.3 is 9.80 Å². The molecule has 0 amide bonds. The zero-order chi connectivity index (χ0) is 17.7. The van der Waals surface area contributed by atoms with Crippen molar-refractivity contribution in [1.29, 1.82) is 0 Å². The molecule has 5 heteroatoms. The monoisotopic (exact) mass is 384 g/mol. The van der Waals surface area contributed by atoms with Crippen molar-refractivity contribution in [2.45, 2.75) is 13.8 Å². The van der Waals surface area contributed by atoms with E-state index in [1.807, 2.05) is 64.0 Å². The highest BCUT2D eigenvalue weighted by atomic mass is 79.9. The number of rotatable bonds is 2. The molecule has 0 N–H and O–H groups in total. The Morgan fingerprint density at radius 3 is 1.74 bits per heavy atom. The van der Waals surface area contributed by atoms with Gasteiger partial charge in [0.1, 0.15) is 11.6 Å². The van der Waals surface area contributed by atoms with Gasteiger partial charge in [0, 0.05) is 39.6 Å². The largest absolute Gasteiger partial charge is 0.378 e. The molecule has 0 heterocycles. The molecule has 0 unspecified atom stereocenters. The quantitative estimate of drug-likeness (QED) is 0.705. The number of aryl methyl sites for hydroxylation is 2. The summed E-state index contributed by atoms with van der Waals surface area (Å²) in [6.45, 7) is 3.76. The van der Waals surface area contributed by atoms with Gasteiger partial charge in [0.25, 0.3) is 0 Å². The molecule has 0 aliphatic rings. The minimum absolute atomic E-state index is 0.172. The summed E-state index contributed by atoms with van der Waals surface area (Å²) >= 11 is 3.17. The topological polar surface area (TPSA) is 6.48 Å². The highest BCUT2D eigenvalue weighted by Crippen LogP contribution is 2.25. The van der Waals surface area contributed by atoms with E-state index < -0.39 is 0 Å². The van der Waals surface area contributed by atoms with Crippen LogP contribution in [0.4, 0.5) is 20.2 Å². The van der Waals surface area contributed by atoms with E-state index in [2.05, 4.69) is 15.9 Å². The molecular formula is C18H23BrF2N2. The van der Waals surface area contributed by atoms with Gasteiger partial charge in [-0.2, -0.15) is 0 Å². The van der Waals surface area contributed by atoms with E-state index >= 15 is 0 Å². The van der Waals surface area contributed by atoms with Crippen molar-refractivity contribution < 1.29 is 8.78 Å². The molecular weight excluding hydrogens is 362 g/mol. The van der Waals surface area contributed by atoms with Crippen molar-refractivity contribution in [3.63, 3.8) is 0 Å². The maximum atomic E-state index is 13.1. The molecule has 0 radical (unpaired) electrons. The highest BCUT2D eigenvalue weighted by molar-refractivity contribution is 9.10. The number of hydrogen-bond acceptors (Lipinski definition) is 2. The molecule has 2 nitrogen and oxygen atoms in total. The van der Waals surface area contributed by atoms with Gasteiger partial charge >= 0.3 is 0 Å². The summed E-state index contributed by atoms with van der Waals surface area (Å²) in [6, 6.07) is 8.44. The minimum Gasteiger partial charge on any atom is -0.378 e. The molecule has 2 rings (SSSR count). The molecule has 0 atom stereocenters. The zero-order valence-electron chi connectivity index (χ0n) is 14.4. The fourth-order valence-electron chi connectivity index (χ4n) is 1.94. The maximum absolute atomic E-state index is 13.1. The smallest absolute Gasteiger partial charge is 0.139 e. The number of benzene rings is 2. The predicted octanol–water partition coefficient (Wildman–Crippen LogP) is 5.16. The number of halogens is 3. The zero-order valence-corrected chi connectivity index (χ0v) is 16.0. The first-order chi connectivity index (χ1) is 10.6. The number of hydrogen-bond donors (Lipinski definition) is 0. The van der Waals surface area contributed by atoms with Crippen molar-refractivity contribution in [3.8, 4) is 0 Å². The summed E-state index contributed by atoms with van der Waals surface area (Å²) < 4.78 is 26.4. The SMILES string of the molecule is Cc1cc(F)cc(N(C)C)c1.Cc1cc(N(C)C)cc(F)c1Br. The van der Waals surface area contributed by atoms with Gasteiger partial charge in [-0.3, -0.25) is 0 Å². The first-order valence-corrected chi connectivity index (χ1v) is 7.98. The lowest BCUT2D eigenvalue weighted by Gasteiger charge is -2.13. The molecule has 0 aliphatic carbocycles. The third kappa shape index (κ3) is 5.82. The molecule has 2 aromatic rings. The summed E-state index contributed by atoms with van der Waals surface area (Å²) in [5.74, 6) is -0.382. The Kier molecular flexibility index (Phi) is 7.01. The van der Waals surface area contributed by atoms with Crippen molar-refractivity contribution in [2.24, 2.45) is 0 Å². The lowest BCUT2D eigenvalue weighted by Crippen LogP contribution is -2.09. The van der Waals surface area contributed by atoms with Gasteiger partial charge in [-0.15, -0.1) is 0 Å². The van der Waals surface area contributed by atoms with E-state index in [0.29, 0.717) is 4.47 Å². The lowest BCUT2D eigenvalue weighted by atomic mass is 10.2. The van der Waals surface area contributed by atoms with Gasteiger partial charge in [-0.25, -0.2) is 8.78 Å². The molecule has 0 bridgehead atoms. The normalized spacial score (nSPS) is 9.96. The number of nitrogens with zero attached hydrogens (tertiary/aromatic N) is 2. The second-order valence-corrected chi connectivity index (χ2v) is 6.63. The first-order valence-electron chi connectivity index (χ1n) is 7.19. The average molecular weight is 385 g/mol. The summed E-state index contributed by atoms with van der Waals surface area (Å²) in [4.78, 5) is 3.76. The van der Waals surface area contributed by atoms with Crippen molar-refractivity contribution in [3.05, 3.63) is 57.6 Å². The Labute approximate surface area is 145 Å². The van der Waals surface area contributed by atoms with E-state index in [4.69, 9.17) is 0 Å². The van der Waals surface area contributed by atoms with Crippen LogP contribution < -0.4 is 9.80 Å². The first kappa shape index (κ1) is 19.4. The summed E-state index contributed by atoms with van der Waals surface area (Å²) in [6.07, 6.45) is 0. The second-order valence-electron chi connectivity index (χ2n) is 5.83. The molecule has 0 fully saturated rings. The third-order valence-corrected chi connectivity index (χ3v) is 4.26. The third-order valence-electron chi connectivity index (χ3n) is 3.25. The molecule has 0 aliphatic heterocycles. The Hall–Kier alpha value is -1.62. The van der Waals surface area contributed by atoms with Crippen LogP contribution >= 0.6 is 15.9 Å². The average Bonchev–Trinajstić information content (AvgIpc) is 2.43. The van der Waals surface area contributed by atoms with Crippen LogP contribution in [-0.2, 0) is 0 Å². The lowest BCUT2D eigenvalue weighted by molar-refractivity contribution is 0.619. The molecule has 2 aromatic carbocycles. The fourth-order valence-corrected chi connectivity index (χ4v) is 2.17. The molecule has 0 spiro atoms. The van der Waals surface area contributed by atoms with Crippen LogP contribution in [0.2, 0.25) is 0 Å². The van der Waals surface area contributed by atoms with E-state index in [1.165, 1.54) is 18.2 Å². The minimum atomic E-state index is -0.210. The van der Waals surface area contributed by atoms with E-state index in [9.17, 15) is 8.78 Å². The van der Waals surface area contributed by atoms with Crippen LogP contribution in [-0.4, -0.2) is 28.2 Å². The van der Waals surface area contributed by atoms with E-state index in [0.717, 1.165) is 22.5 Å². The van der Waals surface area contributed by atoms with Gasteiger partial charge in [0.2, 0.25) is 0 Å². The summed E-state index contributed by atoms with van der Waals surface area (Å²) in [5.41, 5.74) is 3.66. The highest BCUT2D eigenvalue weighted by Gasteiger charge is 2.05. The Balaban J connectivity index is 0.000000231. The Morgan fingerprint density at radius 1 is 0.783 bits per heavy atom. The molecule has 23 heavy (non-hydrogen) atoms. The second kappa shape index (κ2) is 8.29. The van der Waals surface area contributed by atoms with Crippen molar-refractivity contribution in [2.75, 3.05) is 38.0 Å². The Bertz CT molecular complexity index is 627. The van der Waals surface area contributed by atoms with Crippen LogP contribution in [0.5, 0.6) is 0 Å². The molecule has 0 aromatic heterocycles. The van der Waals surface area contributed by atoms with Gasteiger partial charge in [0.05, 0.1) is 4.47 Å².